The number of ether oxygens (including phenoxy) is 2. The Hall–Kier alpha value is -0.650. The van der Waals surface area contributed by atoms with E-state index in [1.54, 1.807) is 0 Å². The predicted octanol–water partition coefficient (Wildman–Crippen LogP) is 2.86. The average molecular weight is 340 g/mol. The summed E-state index contributed by atoms with van der Waals surface area (Å²) in [4.78, 5) is 2.39. The Kier molecular flexibility index (Phi) is 6.31. The van der Waals surface area contributed by atoms with E-state index in [2.05, 4.69) is 4.90 Å². The van der Waals surface area contributed by atoms with Gasteiger partial charge in [0, 0.05) is 24.2 Å². The molecular weight excluding hydrogens is 314 g/mol. The molecule has 1 N–H and O–H groups in total. The maximum atomic E-state index is 10.3. The largest absolute Gasteiger partial charge is 0.389 e. The van der Waals surface area contributed by atoms with Crippen LogP contribution in [0.4, 0.5) is 0 Å². The third-order valence-electron chi connectivity index (χ3n) is 4.82. The molecule has 2 aliphatic rings. The number of β-amino-alcohol motifs (C(OH)–C–C–N with tert-alkyl or cyclic N) is 1. The molecule has 1 aromatic rings. The fraction of sp³-hybridized carbons (Fsp3) is 0.667. The van der Waals surface area contributed by atoms with Crippen molar-refractivity contribution in [2.45, 2.75) is 50.5 Å². The van der Waals surface area contributed by atoms with Gasteiger partial charge in [-0.25, -0.2) is 0 Å². The van der Waals surface area contributed by atoms with E-state index in [1.807, 2.05) is 24.3 Å². The molecule has 1 aromatic carbocycles. The highest BCUT2D eigenvalue weighted by Gasteiger charge is 2.34. The highest BCUT2D eigenvalue weighted by atomic mass is 35.5. The van der Waals surface area contributed by atoms with Crippen molar-refractivity contribution in [3.63, 3.8) is 0 Å². The minimum Gasteiger partial charge on any atom is -0.389 e. The number of benzene rings is 1. The molecule has 5 heteroatoms. The first kappa shape index (κ1) is 17.2. The molecule has 1 aliphatic carbocycles. The highest BCUT2D eigenvalue weighted by molar-refractivity contribution is 6.31. The smallest absolute Gasteiger partial charge is 0.0900 e. The van der Waals surface area contributed by atoms with Crippen LogP contribution in [-0.4, -0.2) is 54.6 Å². The van der Waals surface area contributed by atoms with Gasteiger partial charge in [-0.3, -0.25) is 4.90 Å². The molecule has 3 rings (SSSR count). The summed E-state index contributed by atoms with van der Waals surface area (Å²) in [6.07, 6.45) is 4.74. The van der Waals surface area contributed by atoms with Crippen LogP contribution in [0.3, 0.4) is 0 Å². The molecule has 3 atom stereocenters. The Labute approximate surface area is 143 Å². The van der Waals surface area contributed by atoms with Gasteiger partial charge < -0.3 is 14.6 Å². The van der Waals surface area contributed by atoms with Crippen LogP contribution in [0.5, 0.6) is 0 Å². The Morgan fingerprint density at radius 2 is 2.13 bits per heavy atom. The van der Waals surface area contributed by atoms with Gasteiger partial charge in [0.05, 0.1) is 32.0 Å². The molecule has 0 radical (unpaired) electrons. The summed E-state index contributed by atoms with van der Waals surface area (Å²) >= 11 is 6.11. The zero-order chi connectivity index (χ0) is 16.1. The summed E-state index contributed by atoms with van der Waals surface area (Å²) in [5.74, 6) is 0. The lowest BCUT2D eigenvalue weighted by molar-refractivity contribution is -0.103. The zero-order valence-corrected chi connectivity index (χ0v) is 14.3. The summed E-state index contributed by atoms with van der Waals surface area (Å²) < 4.78 is 11.5. The molecule has 0 aromatic heterocycles. The number of hydrogen-bond acceptors (Lipinski definition) is 4. The number of morpholine rings is 1. The molecule has 1 saturated carbocycles. The molecule has 128 valence electrons. The van der Waals surface area contributed by atoms with Crippen LogP contribution in [0.1, 0.15) is 31.2 Å². The second-order valence-electron chi connectivity index (χ2n) is 6.52. The molecule has 1 saturated heterocycles. The van der Waals surface area contributed by atoms with E-state index < -0.39 is 6.10 Å². The Bertz CT molecular complexity index is 497. The number of hydrogen-bond donors (Lipinski definition) is 1. The van der Waals surface area contributed by atoms with Crippen LogP contribution < -0.4 is 0 Å². The lowest BCUT2D eigenvalue weighted by Gasteiger charge is -2.44. The normalized spacial score (nSPS) is 26.7. The highest BCUT2D eigenvalue weighted by Crippen LogP contribution is 2.28. The molecule has 1 heterocycles. The summed E-state index contributed by atoms with van der Waals surface area (Å²) in [7, 11) is 0. The number of aliphatic hydroxyl groups is 1. The average Bonchev–Trinajstić information content (AvgIpc) is 2.57. The van der Waals surface area contributed by atoms with Crippen LogP contribution >= 0.6 is 11.6 Å². The second-order valence-corrected chi connectivity index (χ2v) is 6.92. The first-order valence-corrected chi connectivity index (χ1v) is 8.96. The lowest BCUT2D eigenvalue weighted by Crippen LogP contribution is -2.54. The van der Waals surface area contributed by atoms with Gasteiger partial charge in [-0.1, -0.05) is 42.6 Å². The van der Waals surface area contributed by atoms with Crippen molar-refractivity contribution in [3.8, 4) is 0 Å². The fourth-order valence-electron chi connectivity index (χ4n) is 3.65. The third kappa shape index (κ3) is 4.68. The number of halogens is 1. The Morgan fingerprint density at radius 1 is 1.30 bits per heavy atom. The van der Waals surface area contributed by atoms with Crippen LogP contribution in [0.15, 0.2) is 24.3 Å². The minimum atomic E-state index is -0.474. The molecular formula is C18H26ClNO3. The molecule has 0 amide bonds. The SMILES string of the molecule is OC(COCc1ccccc1Cl)CN1CCOC2CCCCC21. The maximum Gasteiger partial charge on any atom is 0.0900 e. The Balaban J connectivity index is 1.43. The van der Waals surface area contributed by atoms with Gasteiger partial charge in [0.2, 0.25) is 0 Å². The molecule has 0 spiro atoms. The predicted molar refractivity (Wildman–Crippen MR) is 90.7 cm³/mol. The van der Waals surface area contributed by atoms with E-state index in [0.29, 0.717) is 36.9 Å². The minimum absolute atomic E-state index is 0.333. The van der Waals surface area contributed by atoms with Crippen LogP contribution in [0, 0.1) is 0 Å². The number of fused-ring (bicyclic) bond motifs is 1. The van der Waals surface area contributed by atoms with E-state index in [4.69, 9.17) is 21.1 Å². The molecule has 2 fully saturated rings. The second kappa shape index (κ2) is 8.45. The van der Waals surface area contributed by atoms with Crippen molar-refractivity contribution in [3.05, 3.63) is 34.9 Å². The van der Waals surface area contributed by atoms with Gasteiger partial charge in [-0.05, 0) is 24.5 Å². The van der Waals surface area contributed by atoms with Crippen LogP contribution in [0.2, 0.25) is 5.02 Å². The molecule has 23 heavy (non-hydrogen) atoms. The lowest BCUT2D eigenvalue weighted by atomic mass is 9.90. The van der Waals surface area contributed by atoms with Crippen molar-refractivity contribution in [2.24, 2.45) is 0 Å². The van der Waals surface area contributed by atoms with Crippen molar-refractivity contribution in [1.82, 2.24) is 4.90 Å². The van der Waals surface area contributed by atoms with Crippen molar-refractivity contribution in [1.29, 1.82) is 0 Å². The topological polar surface area (TPSA) is 41.9 Å². The van der Waals surface area contributed by atoms with Gasteiger partial charge in [-0.15, -0.1) is 0 Å². The van der Waals surface area contributed by atoms with Crippen molar-refractivity contribution >= 4 is 11.6 Å². The third-order valence-corrected chi connectivity index (χ3v) is 5.19. The summed E-state index contributed by atoms with van der Waals surface area (Å²) in [5.41, 5.74) is 0.958. The standard InChI is InChI=1S/C18H26ClNO3/c19-16-6-2-1-5-14(16)12-22-13-15(21)11-20-9-10-23-18-8-4-3-7-17(18)20/h1-2,5-6,15,17-18,21H,3-4,7-13H2. The van der Waals surface area contributed by atoms with Crippen LogP contribution in [0.25, 0.3) is 0 Å². The van der Waals surface area contributed by atoms with E-state index in [0.717, 1.165) is 25.1 Å². The quantitative estimate of drug-likeness (QED) is 0.865. The zero-order valence-electron chi connectivity index (χ0n) is 13.5. The summed E-state index contributed by atoms with van der Waals surface area (Å²) in [6, 6.07) is 8.12. The van der Waals surface area contributed by atoms with Gasteiger partial charge >= 0.3 is 0 Å². The van der Waals surface area contributed by atoms with E-state index in [-0.39, 0.29) is 0 Å². The Morgan fingerprint density at radius 3 is 3.00 bits per heavy atom. The van der Waals surface area contributed by atoms with Crippen molar-refractivity contribution < 1.29 is 14.6 Å². The molecule has 4 nitrogen and oxygen atoms in total. The first-order chi connectivity index (χ1) is 11.2. The van der Waals surface area contributed by atoms with Gasteiger partial charge in [-0.2, -0.15) is 0 Å². The summed E-state index contributed by atoms with van der Waals surface area (Å²) in [6.45, 7) is 3.11. The van der Waals surface area contributed by atoms with Crippen LogP contribution in [-0.2, 0) is 16.1 Å². The van der Waals surface area contributed by atoms with Crippen molar-refractivity contribution in [2.75, 3.05) is 26.3 Å². The van der Waals surface area contributed by atoms with Gasteiger partial charge in [0.25, 0.3) is 0 Å². The fourth-order valence-corrected chi connectivity index (χ4v) is 3.84. The molecule has 1 aliphatic heterocycles. The molecule has 0 bridgehead atoms. The summed E-state index contributed by atoms with van der Waals surface area (Å²) in [5, 5.41) is 11.0. The van der Waals surface area contributed by atoms with E-state index in [9.17, 15) is 5.11 Å². The molecule has 3 unspecified atom stereocenters. The monoisotopic (exact) mass is 339 g/mol. The maximum absolute atomic E-state index is 10.3. The van der Waals surface area contributed by atoms with E-state index >= 15 is 0 Å². The van der Waals surface area contributed by atoms with Gasteiger partial charge in [0.1, 0.15) is 0 Å². The first-order valence-electron chi connectivity index (χ1n) is 8.59. The van der Waals surface area contributed by atoms with Gasteiger partial charge in [0.15, 0.2) is 0 Å². The number of nitrogens with zero attached hydrogens (tertiary/aromatic N) is 1. The number of aliphatic hydroxyl groups excluding tert-OH is 1. The number of rotatable bonds is 6. The van der Waals surface area contributed by atoms with E-state index in [1.165, 1.54) is 19.3 Å².